The standard InChI is InChI=1S/C17H19N3O4/c1-9-5-12(18-24-9)7-19(2)13(21)8-20-16(22)14-10-3-4-11(6-10)15(14)17(20)23/h3-5,10-11,14-15H,6-8H2,1-2H3. The summed E-state index contributed by atoms with van der Waals surface area (Å²) in [6, 6.07) is 1.75. The van der Waals surface area contributed by atoms with Gasteiger partial charge in [-0.25, -0.2) is 0 Å². The molecule has 1 saturated heterocycles. The second-order valence-corrected chi connectivity index (χ2v) is 6.94. The molecule has 2 aliphatic carbocycles. The number of nitrogens with zero attached hydrogens (tertiary/aromatic N) is 3. The van der Waals surface area contributed by atoms with Crippen molar-refractivity contribution in [3.05, 3.63) is 29.7 Å². The van der Waals surface area contributed by atoms with Gasteiger partial charge in [0.05, 0.1) is 18.4 Å². The van der Waals surface area contributed by atoms with Crippen LogP contribution in [0.3, 0.4) is 0 Å². The van der Waals surface area contributed by atoms with Crippen molar-refractivity contribution in [2.24, 2.45) is 23.7 Å². The fraction of sp³-hybridized carbons (Fsp3) is 0.529. The number of fused-ring (bicyclic) bond motifs is 5. The lowest BCUT2D eigenvalue weighted by atomic mass is 9.85. The SMILES string of the molecule is Cc1cc(CN(C)C(=O)CN2C(=O)C3C4C=CC(C4)C3C2=O)no1. The first-order chi connectivity index (χ1) is 11.5. The lowest BCUT2D eigenvalue weighted by Crippen LogP contribution is -2.42. The smallest absolute Gasteiger partial charge is 0.242 e. The van der Waals surface area contributed by atoms with Crippen LogP contribution in [-0.2, 0) is 20.9 Å². The highest BCUT2D eigenvalue weighted by Gasteiger charge is 2.59. The van der Waals surface area contributed by atoms with Crippen molar-refractivity contribution in [2.75, 3.05) is 13.6 Å². The van der Waals surface area contributed by atoms with Gasteiger partial charge in [0, 0.05) is 13.1 Å². The minimum absolute atomic E-state index is 0.160. The second-order valence-electron chi connectivity index (χ2n) is 6.94. The summed E-state index contributed by atoms with van der Waals surface area (Å²) in [7, 11) is 1.63. The predicted octanol–water partition coefficient (Wildman–Crippen LogP) is 0.749. The number of aromatic nitrogens is 1. The van der Waals surface area contributed by atoms with Gasteiger partial charge in [-0.1, -0.05) is 17.3 Å². The minimum atomic E-state index is -0.280. The molecule has 126 valence electrons. The Morgan fingerprint density at radius 1 is 1.29 bits per heavy atom. The summed E-state index contributed by atoms with van der Waals surface area (Å²) in [5.41, 5.74) is 0.640. The maximum absolute atomic E-state index is 12.6. The Hall–Kier alpha value is -2.44. The zero-order chi connectivity index (χ0) is 17.0. The van der Waals surface area contributed by atoms with Gasteiger partial charge in [0.15, 0.2) is 0 Å². The monoisotopic (exact) mass is 329 g/mol. The zero-order valence-electron chi connectivity index (χ0n) is 13.6. The van der Waals surface area contributed by atoms with E-state index >= 15 is 0 Å². The van der Waals surface area contributed by atoms with Crippen LogP contribution in [0.5, 0.6) is 0 Å². The third-order valence-electron chi connectivity index (χ3n) is 5.36. The fourth-order valence-corrected chi connectivity index (χ4v) is 4.20. The van der Waals surface area contributed by atoms with Crippen molar-refractivity contribution < 1.29 is 18.9 Å². The largest absolute Gasteiger partial charge is 0.361 e. The van der Waals surface area contributed by atoms with Gasteiger partial charge in [0.25, 0.3) is 0 Å². The summed E-state index contributed by atoms with van der Waals surface area (Å²) in [5.74, 6) is -0.196. The van der Waals surface area contributed by atoms with Gasteiger partial charge in [-0.15, -0.1) is 0 Å². The van der Waals surface area contributed by atoms with E-state index in [1.54, 1.807) is 20.0 Å². The van der Waals surface area contributed by atoms with Crippen LogP contribution >= 0.6 is 0 Å². The Balaban J connectivity index is 1.43. The molecule has 3 aliphatic rings. The van der Waals surface area contributed by atoms with Gasteiger partial charge in [-0.3, -0.25) is 19.3 Å². The highest BCUT2D eigenvalue weighted by atomic mass is 16.5. The average molecular weight is 329 g/mol. The Morgan fingerprint density at radius 3 is 2.46 bits per heavy atom. The summed E-state index contributed by atoms with van der Waals surface area (Å²) in [6.45, 7) is 1.87. The highest BCUT2D eigenvalue weighted by molar-refractivity contribution is 6.08. The molecule has 1 aliphatic heterocycles. The number of likely N-dealkylation sites (tertiary alicyclic amines) is 1. The lowest BCUT2D eigenvalue weighted by molar-refractivity contribution is -0.146. The molecule has 2 heterocycles. The van der Waals surface area contributed by atoms with E-state index in [-0.39, 0.29) is 54.5 Å². The van der Waals surface area contributed by atoms with Gasteiger partial charge in [-0.05, 0) is 25.2 Å². The molecule has 4 atom stereocenters. The molecule has 1 saturated carbocycles. The van der Waals surface area contributed by atoms with E-state index in [9.17, 15) is 14.4 Å². The number of imide groups is 1. The Kier molecular flexibility index (Phi) is 3.33. The van der Waals surface area contributed by atoms with E-state index in [4.69, 9.17) is 4.52 Å². The van der Waals surface area contributed by atoms with Crippen molar-refractivity contribution in [1.29, 1.82) is 0 Å². The van der Waals surface area contributed by atoms with Crippen molar-refractivity contribution in [3.63, 3.8) is 0 Å². The molecule has 7 heteroatoms. The van der Waals surface area contributed by atoms with Gasteiger partial charge in [-0.2, -0.15) is 0 Å². The molecular formula is C17H19N3O4. The predicted molar refractivity (Wildman–Crippen MR) is 82.2 cm³/mol. The van der Waals surface area contributed by atoms with Crippen molar-refractivity contribution in [3.8, 4) is 0 Å². The summed E-state index contributed by atoms with van der Waals surface area (Å²) >= 11 is 0. The van der Waals surface area contributed by atoms with Gasteiger partial charge in [0.2, 0.25) is 17.7 Å². The van der Waals surface area contributed by atoms with Crippen LogP contribution in [0.4, 0.5) is 0 Å². The third-order valence-corrected chi connectivity index (χ3v) is 5.36. The van der Waals surface area contributed by atoms with Crippen LogP contribution in [0.1, 0.15) is 17.9 Å². The van der Waals surface area contributed by atoms with E-state index in [0.29, 0.717) is 11.5 Å². The Morgan fingerprint density at radius 2 is 1.92 bits per heavy atom. The number of amides is 3. The summed E-state index contributed by atoms with van der Waals surface area (Å²) in [4.78, 5) is 40.2. The first kappa shape index (κ1) is 15.1. The van der Waals surface area contributed by atoms with Crippen molar-refractivity contribution in [1.82, 2.24) is 15.0 Å². The molecule has 1 aromatic heterocycles. The van der Waals surface area contributed by atoms with Crippen LogP contribution in [0.15, 0.2) is 22.7 Å². The second kappa shape index (κ2) is 5.29. The maximum Gasteiger partial charge on any atom is 0.242 e. The number of hydrogen-bond acceptors (Lipinski definition) is 5. The quantitative estimate of drug-likeness (QED) is 0.601. The number of hydrogen-bond donors (Lipinski definition) is 0. The third kappa shape index (κ3) is 2.18. The van der Waals surface area contributed by atoms with Crippen molar-refractivity contribution >= 4 is 17.7 Å². The topological polar surface area (TPSA) is 83.7 Å². The van der Waals surface area contributed by atoms with Crippen LogP contribution < -0.4 is 0 Å². The first-order valence-corrected chi connectivity index (χ1v) is 8.15. The number of likely N-dealkylation sites (N-methyl/N-ethyl adjacent to an activating group) is 1. The molecule has 3 amide bonds. The Labute approximate surface area is 139 Å². The number of aryl methyl sites for hydroxylation is 1. The van der Waals surface area contributed by atoms with Gasteiger partial charge >= 0.3 is 0 Å². The zero-order valence-corrected chi connectivity index (χ0v) is 13.6. The van der Waals surface area contributed by atoms with E-state index in [1.807, 2.05) is 12.2 Å². The van der Waals surface area contributed by atoms with Crippen molar-refractivity contribution in [2.45, 2.75) is 19.9 Å². The molecule has 4 unspecified atom stereocenters. The van der Waals surface area contributed by atoms with Crippen LogP contribution in [0.25, 0.3) is 0 Å². The maximum atomic E-state index is 12.6. The molecule has 7 nitrogen and oxygen atoms in total. The number of carbonyl (C=O) groups excluding carboxylic acids is 3. The van der Waals surface area contributed by atoms with E-state index in [1.165, 1.54) is 4.90 Å². The molecule has 4 rings (SSSR count). The molecule has 1 aromatic rings. The van der Waals surface area contributed by atoms with Gasteiger partial charge < -0.3 is 9.42 Å². The molecule has 0 aromatic carbocycles. The molecule has 2 bridgehead atoms. The molecular weight excluding hydrogens is 310 g/mol. The van der Waals surface area contributed by atoms with Crippen LogP contribution in [-0.4, -0.2) is 46.3 Å². The first-order valence-electron chi connectivity index (χ1n) is 8.15. The highest BCUT2D eigenvalue weighted by Crippen LogP contribution is 2.52. The fourth-order valence-electron chi connectivity index (χ4n) is 4.20. The lowest BCUT2D eigenvalue weighted by Gasteiger charge is -2.21. The van der Waals surface area contributed by atoms with Crippen LogP contribution in [0.2, 0.25) is 0 Å². The molecule has 0 radical (unpaired) electrons. The van der Waals surface area contributed by atoms with Crippen LogP contribution in [0, 0.1) is 30.6 Å². The molecule has 0 spiro atoms. The number of allylic oxidation sites excluding steroid dienone is 2. The van der Waals surface area contributed by atoms with E-state index in [2.05, 4.69) is 5.16 Å². The summed E-state index contributed by atoms with van der Waals surface area (Å²) < 4.78 is 4.98. The minimum Gasteiger partial charge on any atom is -0.361 e. The number of carbonyl (C=O) groups is 3. The number of rotatable bonds is 4. The van der Waals surface area contributed by atoms with E-state index < -0.39 is 0 Å². The molecule has 0 N–H and O–H groups in total. The Bertz CT molecular complexity index is 723. The molecule has 2 fully saturated rings. The average Bonchev–Trinajstić information content (AvgIpc) is 3.29. The summed E-state index contributed by atoms with van der Waals surface area (Å²) in [6.07, 6.45) is 4.97. The van der Waals surface area contributed by atoms with Gasteiger partial charge in [0.1, 0.15) is 18.0 Å². The van der Waals surface area contributed by atoms with E-state index in [0.717, 1.165) is 11.3 Å². The molecule has 24 heavy (non-hydrogen) atoms. The normalized spacial score (nSPS) is 30.3. The summed E-state index contributed by atoms with van der Waals surface area (Å²) in [5, 5.41) is 3.85.